The van der Waals surface area contributed by atoms with E-state index in [1.54, 1.807) is 0 Å². The predicted molar refractivity (Wildman–Crippen MR) is 90.1 cm³/mol. The Balaban J connectivity index is 1.38. The van der Waals surface area contributed by atoms with Crippen LogP contribution >= 0.6 is 0 Å². The van der Waals surface area contributed by atoms with Crippen LogP contribution in [0.2, 0.25) is 0 Å². The zero-order chi connectivity index (χ0) is 16.4. The maximum atomic E-state index is 12.0. The van der Waals surface area contributed by atoms with Gasteiger partial charge in [-0.1, -0.05) is 36.2 Å². The zero-order valence-electron chi connectivity index (χ0n) is 13.5. The molecule has 4 rings (SSSR count). The summed E-state index contributed by atoms with van der Waals surface area (Å²) in [4.78, 5) is 12.0. The Morgan fingerprint density at radius 2 is 2.00 bits per heavy atom. The molecule has 0 radical (unpaired) electrons. The van der Waals surface area contributed by atoms with Gasteiger partial charge in [-0.3, -0.25) is 4.79 Å². The van der Waals surface area contributed by atoms with Gasteiger partial charge in [0.1, 0.15) is 11.3 Å². The summed E-state index contributed by atoms with van der Waals surface area (Å²) in [6, 6.07) is 11.5. The molecule has 1 N–H and O–H groups in total. The molecule has 1 aliphatic rings. The molecule has 0 unspecified atom stereocenters. The standard InChI is InChI=1S/C19H20N2O3/c22-19(9-13-5-1-2-6-13)20-12-15-11-18(24-21-15)17-10-14-7-3-4-8-16(14)23-17/h3-4,7-8,10-11,13H,1-2,5-6,9,12H2,(H,20,22). The zero-order valence-corrected chi connectivity index (χ0v) is 13.5. The van der Waals surface area contributed by atoms with Gasteiger partial charge in [-0.2, -0.15) is 0 Å². The molecule has 24 heavy (non-hydrogen) atoms. The highest BCUT2D eigenvalue weighted by atomic mass is 16.5. The molecule has 0 saturated heterocycles. The van der Waals surface area contributed by atoms with E-state index in [1.165, 1.54) is 25.7 Å². The number of fused-ring (bicyclic) bond motifs is 1. The lowest BCUT2D eigenvalue weighted by Gasteiger charge is -2.08. The fraction of sp³-hybridized carbons (Fsp3) is 0.368. The molecule has 2 aromatic heterocycles. The Labute approximate surface area is 140 Å². The highest BCUT2D eigenvalue weighted by molar-refractivity contribution is 5.81. The third kappa shape index (κ3) is 3.20. The lowest BCUT2D eigenvalue weighted by molar-refractivity contribution is -0.122. The van der Waals surface area contributed by atoms with E-state index in [0.717, 1.165) is 11.0 Å². The van der Waals surface area contributed by atoms with Crippen molar-refractivity contribution in [1.29, 1.82) is 0 Å². The molecule has 0 spiro atoms. The van der Waals surface area contributed by atoms with Crippen molar-refractivity contribution >= 4 is 16.9 Å². The normalized spacial score (nSPS) is 15.2. The minimum absolute atomic E-state index is 0.0928. The first-order valence-electron chi connectivity index (χ1n) is 8.49. The maximum Gasteiger partial charge on any atom is 0.220 e. The van der Waals surface area contributed by atoms with Crippen molar-refractivity contribution in [2.24, 2.45) is 5.92 Å². The summed E-state index contributed by atoms with van der Waals surface area (Å²) < 4.78 is 11.1. The van der Waals surface area contributed by atoms with Crippen LogP contribution in [0.1, 0.15) is 37.8 Å². The molecule has 3 aromatic rings. The van der Waals surface area contributed by atoms with E-state index < -0.39 is 0 Å². The molecule has 0 aliphatic heterocycles. The topological polar surface area (TPSA) is 68.3 Å². The van der Waals surface area contributed by atoms with Crippen LogP contribution in [-0.4, -0.2) is 11.1 Å². The molecule has 0 bridgehead atoms. The van der Waals surface area contributed by atoms with Crippen LogP contribution in [0, 0.1) is 5.92 Å². The average Bonchev–Trinajstić information content (AvgIpc) is 3.32. The van der Waals surface area contributed by atoms with Crippen molar-refractivity contribution in [2.45, 2.75) is 38.6 Å². The van der Waals surface area contributed by atoms with Crippen LogP contribution in [0.25, 0.3) is 22.5 Å². The van der Waals surface area contributed by atoms with Gasteiger partial charge < -0.3 is 14.3 Å². The van der Waals surface area contributed by atoms with Crippen LogP contribution in [-0.2, 0) is 11.3 Å². The number of para-hydroxylation sites is 1. The highest BCUT2D eigenvalue weighted by Crippen LogP contribution is 2.29. The van der Waals surface area contributed by atoms with E-state index >= 15 is 0 Å². The van der Waals surface area contributed by atoms with Gasteiger partial charge in [0.2, 0.25) is 11.7 Å². The van der Waals surface area contributed by atoms with Crippen molar-refractivity contribution in [1.82, 2.24) is 10.5 Å². The fourth-order valence-electron chi connectivity index (χ4n) is 3.35. The second kappa shape index (κ2) is 6.51. The number of carbonyl (C=O) groups excluding carboxylic acids is 1. The number of carbonyl (C=O) groups is 1. The van der Waals surface area contributed by atoms with Gasteiger partial charge >= 0.3 is 0 Å². The summed E-state index contributed by atoms with van der Waals surface area (Å²) in [5.41, 5.74) is 1.51. The monoisotopic (exact) mass is 324 g/mol. The first-order valence-corrected chi connectivity index (χ1v) is 8.49. The lowest BCUT2D eigenvalue weighted by atomic mass is 10.0. The average molecular weight is 324 g/mol. The predicted octanol–water partition coefficient (Wildman–Crippen LogP) is 4.28. The van der Waals surface area contributed by atoms with E-state index in [9.17, 15) is 4.79 Å². The van der Waals surface area contributed by atoms with Gasteiger partial charge in [0.25, 0.3) is 0 Å². The van der Waals surface area contributed by atoms with Gasteiger partial charge in [0.15, 0.2) is 5.76 Å². The van der Waals surface area contributed by atoms with Gasteiger partial charge in [-0.15, -0.1) is 0 Å². The van der Waals surface area contributed by atoms with Gasteiger partial charge in [-0.25, -0.2) is 0 Å². The van der Waals surface area contributed by atoms with Gasteiger partial charge in [0.05, 0.1) is 6.54 Å². The maximum absolute atomic E-state index is 12.0. The summed E-state index contributed by atoms with van der Waals surface area (Å²) >= 11 is 0. The number of nitrogens with one attached hydrogen (secondary N) is 1. The van der Waals surface area contributed by atoms with Crippen LogP contribution in [0.5, 0.6) is 0 Å². The molecule has 5 nitrogen and oxygen atoms in total. The van der Waals surface area contributed by atoms with Gasteiger partial charge in [0, 0.05) is 17.9 Å². The number of furan rings is 1. The molecule has 1 aromatic carbocycles. The number of nitrogens with zero attached hydrogens (tertiary/aromatic N) is 1. The fourth-order valence-corrected chi connectivity index (χ4v) is 3.35. The van der Waals surface area contributed by atoms with Crippen molar-refractivity contribution < 1.29 is 13.7 Å². The third-order valence-electron chi connectivity index (χ3n) is 4.64. The van der Waals surface area contributed by atoms with Crippen LogP contribution in [0.15, 0.2) is 45.3 Å². The first-order chi connectivity index (χ1) is 11.8. The first kappa shape index (κ1) is 15.0. The lowest BCUT2D eigenvalue weighted by Crippen LogP contribution is -2.24. The van der Waals surface area contributed by atoms with Crippen molar-refractivity contribution in [3.8, 4) is 11.5 Å². The van der Waals surface area contributed by atoms with Crippen molar-refractivity contribution in [2.75, 3.05) is 0 Å². The minimum Gasteiger partial charge on any atom is -0.453 e. The highest BCUT2D eigenvalue weighted by Gasteiger charge is 2.18. The Morgan fingerprint density at radius 1 is 1.17 bits per heavy atom. The van der Waals surface area contributed by atoms with E-state index in [1.807, 2.05) is 36.4 Å². The number of hydrogen-bond acceptors (Lipinski definition) is 4. The molecule has 1 saturated carbocycles. The second-order valence-corrected chi connectivity index (χ2v) is 6.46. The summed E-state index contributed by atoms with van der Waals surface area (Å²) in [6.45, 7) is 0.384. The minimum atomic E-state index is 0.0928. The van der Waals surface area contributed by atoms with E-state index in [-0.39, 0.29) is 5.91 Å². The smallest absolute Gasteiger partial charge is 0.220 e. The number of benzene rings is 1. The Morgan fingerprint density at radius 3 is 2.83 bits per heavy atom. The summed E-state index contributed by atoms with van der Waals surface area (Å²) in [5, 5.41) is 7.97. The Hall–Kier alpha value is -2.56. The summed E-state index contributed by atoms with van der Waals surface area (Å²) in [7, 11) is 0. The van der Waals surface area contributed by atoms with E-state index in [2.05, 4.69) is 10.5 Å². The molecular formula is C19H20N2O3. The summed E-state index contributed by atoms with van der Waals surface area (Å²) in [5.74, 6) is 1.86. The molecule has 2 heterocycles. The third-order valence-corrected chi connectivity index (χ3v) is 4.64. The Kier molecular flexibility index (Phi) is 4.07. The molecule has 0 atom stereocenters. The van der Waals surface area contributed by atoms with Crippen molar-refractivity contribution in [3.63, 3.8) is 0 Å². The quantitative estimate of drug-likeness (QED) is 0.760. The van der Waals surface area contributed by atoms with Gasteiger partial charge in [-0.05, 0) is 30.9 Å². The van der Waals surface area contributed by atoms with E-state index in [0.29, 0.717) is 36.1 Å². The van der Waals surface area contributed by atoms with Crippen molar-refractivity contribution in [3.05, 3.63) is 42.1 Å². The molecule has 5 heteroatoms. The van der Waals surface area contributed by atoms with Crippen LogP contribution in [0.3, 0.4) is 0 Å². The van der Waals surface area contributed by atoms with Crippen LogP contribution in [0.4, 0.5) is 0 Å². The Bertz CT molecular complexity index is 810. The largest absolute Gasteiger partial charge is 0.453 e. The molecule has 1 aliphatic carbocycles. The van der Waals surface area contributed by atoms with Crippen LogP contribution < -0.4 is 5.32 Å². The van der Waals surface area contributed by atoms with E-state index in [4.69, 9.17) is 8.94 Å². The SMILES string of the molecule is O=C(CC1CCCC1)NCc1cc(-c2cc3ccccc3o2)on1. The summed E-state index contributed by atoms with van der Waals surface area (Å²) in [6.07, 6.45) is 5.47. The molecule has 1 fully saturated rings. The number of rotatable bonds is 5. The second-order valence-electron chi connectivity index (χ2n) is 6.46. The number of amides is 1. The molecule has 124 valence electrons. The number of hydrogen-bond donors (Lipinski definition) is 1. The molecular weight excluding hydrogens is 304 g/mol. The molecule has 1 amide bonds. The number of aromatic nitrogens is 1.